The maximum absolute atomic E-state index is 12.2. The van der Waals surface area contributed by atoms with Crippen molar-refractivity contribution in [3.05, 3.63) is 35.5 Å². The molecular weight excluding hydrogens is 272 g/mol. The van der Waals surface area contributed by atoms with E-state index in [2.05, 4.69) is 39.5 Å². The molecule has 1 aliphatic rings. The van der Waals surface area contributed by atoms with Crippen LogP contribution in [0.5, 0.6) is 0 Å². The highest BCUT2D eigenvalue weighted by molar-refractivity contribution is 5.73. The van der Waals surface area contributed by atoms with Crippen molar-refractivity contribution in [3.8, 4) is 0 Å². The third kappa shape index (κ3) is 5.47. The van der Waals surface area contributed by atoms with Crippen molar-refractivity contribution < 1.29 is 9.53 Å². The number of esters is 1. The minimum Gasteiger partial charge on any atom is -0.460 e. The van der Waals surface area contributed by atoms with Gasteiger partial charge in [-0.25, -0.2) is 0 Å². The molecule has 2 heteroatoms. The first-order valence-corrected chi connectivity index (χ1v) is 8.27. The van der Waals surface area contributed by atoms with Crippen LogP contribution in [0.25, 0.3) is 0 Å². The second kappa shape index (κ2) is 7.30. The minimum absolute atomic E-state index is 0.120. The van der Waals surface area contributed by atoms with Crippen LogP contribution in [0, 0.1) is 17.8 Å². The molecule has 0 amide bonds. The predicted molar refractivity (Wildman–Crippen MR) is 93.6 cm³/mol. The summed E-state index contributed by atoms with van der Waals surface area (Å²) in [6.45, 7) is 18.1. The third-order valence-electron chi connectivity index (χ3n) is 4.41. The van der Waals surface area contributed by atoms with Gasteiger partial charge in [0.2, 0.25) is 0 Å². The lowest BCUT2D eigenvalue weighted by molar-refractivity contribution is -0.160. The Labute approximate surface area is 136 Å². The van der Waals surface area contributed by atoms with Crippen LogP contribution in [-0.2, 0) is 9.53 Å². The molecule has 0 saturated carbocycles. The second-order valence-corrected chi connectivity index (χ2v) is 7.74. The fourth-order valence-corrected chi connectivity index (χ4v) is 2.61. The zero-order valence-corrected chi connectivity index (χ0v) is 15.3. The highest BCUT2D eigenvalue weighted by Gasteiger charge is 2.26. The van der Waals surface area contributed by atoms with Gasteiger partial charge in [0.15, 0.2) is 0 Å². The molecule has 0 heterocycles. The number of carbonyl (C=O) groups excluding carboxylic acids is 1. The Balaban J connectivity index is 2.82. The van der Waals surface area contributed by atoms with E-state index in [4.69, 9.17) is 4.74 Å². The molecule has 0 spiro atoms. The summed E-state index contributed by atoms with van der Waals surface area (Å²) in [6, 6.07) is 0. The van der Waals surface area contributed by atoms with E-state index in [1.165, 1.54) is 16.7 Å². The van der Waals surface area contributed by atoms with Gasteiger partial charge >= 0.3 is 5.97 Å². The van der Waals surface area contributed by atoms with Gasteiger partial charge in [-0.3, -0.25) is 4.79 Å². The lowest BCUT2D eigenvalue weighted by Gasteiger charge is -2.27. The Kier molecular flexibility index (Phi) is 6.22. The molecule has 22 heavy (non-hydrogen) atoms. The first kappa shape index (κ1) is 18.7. The summed E-state index contributed by atoms with van der Waals surface area (Å²) in [5, 5.41) is 0. The SMILES string of the molecule is C=C(C)[C@@H]1CC=C(C)/C(=C\[C@H](C)[C@@H](C)C(=O)OC(C)(C)C)C1. The highest BCUT2D eigenvalue weighted by atomic mass is 16.6. The Hall–Kier alpha value is -1.31. The smallest absolute Gasteiger partial charge is 0.309 e. The van der Waals surface area contributed by atoms with E-state index in [1.807, 2.05) is 27.7 Å². The average molecular weight is 304 g/mol. The minimum atomic E-state index is -0.427. The van der Waals surface area contributed by atoms with E-state index in [9.17, 15) is 4.79 Å². The molecule has 0 radical (unpaired) electrons. The first-order chi connectivity index (χ1) is 10.0. The lowest BCUT2D eigenvalue weighted by Crippen LogP contribution is -2.30. The van der Waals surface area contributed by atoms with Crippen molar-refractivity contribution >= 4 is 5.97 Å². The number of allylic oxidation sites excluding steroid dienone is 5. The molecule has 0 aromatic heterocycles. The summed E-state index contributed by atoms with van der Waals surface area (Å²) in [4.78, 5) is 12.2. The van der Waals surface area contributed by atoms with Crippen LogP contribution in [0.4, 0.5) is 0 Å². The van der Waals surface area contributed by atoms with Gasteiger partial charge in [0, 0.05) is 0 Å². The van der Waals surface area contributed by atoms with Gasteiger partial charge < -0.3 is 4.74 Å². The maximum Gasteiger partial charge on any atom is 0.309 e. The van der Waals surface area contributed by atoms with Crippen LogP contribution >= 0.6 is 0 Å². The van der Waals surface area contributed by atoms with Crippen LogP contribution in [0.15, 0.2) is 35.5 Å². The van der Waals surface area contributed by atoms with Crippen molar-refractivity contribution in [2.45, 2.75) is 66.9 Å². The van der Waals surface area contributed by atoms with Gasteiger partial charge in [-0.2, -0.15) is 0 Å². The largest absolute Gasteiger partial charge is 0.460 e. The quantitative estimate of drug-likeness (QED) is 0.509. The van der Waals surface area contributed by atoms with E-state index in [0.29, 0.717) is 5.92 Å². The topological polar surface area (TPSA) is 26.3 Å². The molecule has 1 aliphatic carbocycles. The van der Waals surface area contributed by atoms with Crippen molar-refractivity contribution in [1.82, 2.24) is 0 Å². The zero-order chi connectivity index (χ0) is 17.1. The second-order valence-electron chi connectivity index (χ2n) is 7.74. The van der Waals surface area contributed by atoms with Gasteiger partial charge in [-0.05, 0) is 64.9 Å². The molecule has 0 N–H and O–H groups in total. The summed E-state index contributed by atoms with van der Waals surface area (Å²) in [5.74, 6) is 0.437. The maximum atomic E-state index is 12.2. The number of rotatable bonds is 4. The Morgan fingerprint density at radius 3 is 2.50 bits per heavy atom. The fraction of sp³-hybridized carbons (Fsp3) is 0.650. The van der Waals surface area contributed by atoms with E-state index in [-0.39, 0.29) is 17.8 Å². The lowest BCUT2D eigenvalue weighted by atomic mass is 9.80. The van der Waals surface area contributed by atoms with Crippen LogP contribution in [0.2, 0.25) is 0 Å². The molecular formula is C20H32O2. The van der Waals surface area contributed by atoms with Gasteiger partial charge in [-0.15, -0.1) is 0 Å². The molecule has 0 bridgehead atoms. The average Bonchev–Trinajstić information content (AvgIpc) is 2.37. The van der Waals surface area contributed by atoms with E-state index >= 15 is 0 Å². The van der Waals surface area contributed by atoms with Crippen LogP contribution in [0.3, 0.4) is 0 Å². The molecule has 2 nitrogen and oxygen atoms in total. The summed E-state index contributed by atoms with van der Waals surface area (Å²) in [5.41, 5.74) is 3.49. The van der Waals surface area contributed by atoms with Crippen molar-refractivity contribution in [3.63, 3.8) is 0 Å². The summed E-state index contributed by atoms with van der Waals surface area (Å²) in [7, 11) is 0. The highest BCUT2D eigenvalue weighted by Crippen LogP contribution is 2.33. The number of ether oxygens (including phenoxy) is 1. The monoisotopic (exact) mass is 304 g/mol. The third-order valence-corrected chi connectivity index (χ3v) is 4.41. The van der Waals surface area contributed by atoms with E-state index < -0.39 is 5.60 Å². The Bertz CT molecular complexity index is 488. The van der Waals surface area contributed by atoms with Crippen molar-refractivity contribution in [2.75, 3.05) is 0 Å². The van der Waals surface area contributed by atoms with Gasteiger partial charge in [0.1, 0.15) is 5.60 Å². The van der Waals surface area contributed by atoms with Gasteiger partial charge in [0.25, 0.3) is 0 Å². The molecule has 1 rings (SSSR count). The Morgan fingerprint density at radius 2 is 2.00 bits per heavy atom. The first-order valence-electron chi connectivity index (χ1n) is 8.27. The van der Waals surface area contributed by atoms with Gasteiger partial charge in [0.05, 0.1) is 5.92 Å². The van der Waals surface area contributed by atoms with E-state index in [0.717, 1.165) is 12.8 Å². The van der Waals surface area contributed by atoms with E-state index in [1.54, 1.807) is 0 Å². The Morgan fingerprint density at radius 1 is 1.41 bits per heavy atom. The van der Waals surface area contributed by atoms with Crippen LogP contribution in [-0.4, -0.2) is 11.6 Å². The normalized spacial score (nSPS) is 23.7. The number of hydrogen-bond donors (Lipinski definition) is 0. The molecule has 124 valence electrons. The molecule has 0 aromatic carbocycles. The number of hydrogen-bond acceptors (Lipinski definition) is 2. The summed E-state index contributed by atoms with van der Waals surface area (Å²) >= 11 is 0. The van der Waals surface area contributed by atoms with Crippen LogP contribution in [0.1, 0.15) is 61.3 Å². The molecule has 0 unspecified atom stereocenters. The van der Waals surface area contributed by atoms with Gasteiger partial charge in [-0.1, -0.05) is 43.7 Å². The standard InChI is InChI=1S/C20H32O2/c1-13(2)17-10-9-14(3)18(12-17)11-15(4)16(5)19(21)22-20(6,7)8/h9,11,15-17H,1,10,12H2,2-8H3/b18-11-/t15-,16+,17+/m0/s1. The summed E-state index contributed by atoms with van der Waals surface area (Å²) < 4.78 is 5.50. The molecule has 0 fully saturated rings. The number of carbonyl (C=O) groups is 1. The molecule has 3 atom stereocenters. The van der Waals surface area contributed by atoms with Crippen LogP contribution < -0.4 is 0 Å². The summed E-state index contributed by atoms with van der Waals surface area (Å²) in [6.07, 6.45) is 6.65. The molecule has 0 aliphatic heterocycles. The molecule has 0 aromatic rings. The van der Waals surface area contributed by atoms with Crippen molar-refractivity contribution in [1.29, 1.82) is 0 Å². The fourth-order valence-electron chi connectivity index (χ4n) is 2.61. The predicted octanol–water partition coefficient (Wildman–Crippen LogP) is 5.46. The molecule has 0 saturated heterocycles. The van der Waals surface area contributed by atoms with Crippen molar-refractivity contribution in [2.24, 2.45) is 17.8 Å². The zero-order valence-electron chi connectivity index (χ0n) is 15.3.